The highest BCUT2D eigenvalue weighted by atomic mass is 16.4. The average molecular weight is 334 g/mol. The Morgan fingerprint density at radius 1 is 1.04 bits per heavy atom. The molecule has 0 radical (unpaired) electrons. The zero-order chi connectivity index (χ0) is 17.1. The van der Waals surface area contributed by atoms with Crippen LogP contribution in [0.25, 0.3) is 17.6 Å². The van der Waals surface area contributed by atoms with Gasteiger partial charge in [0.2, 0.25) is 5.76 Å². The number of piperidine rings is 1. The first-order valence-electron chi connectivity index (χ1n) is 8.32. The Labute approximate surface area is 145 Å². The Hall–Kier alpha value is -3.08. The lowest BCUT2D eigenvalue weighted by Gasteiger charge is -2.28. The van der Waals surface area contributed by atoms with Crippen LogP contribution in [0.3, 0.4) is 0 Å². The second kappa shape index (κ2) is 6.81. The number of benzene rings is 1. The normalized spacial score (nSPS) is 14.6. The molecule has 0 unspecified atom stereocenters. The van der Waals surface area contributed by atoms with E-state index in [9.17, 15) is 4.79 Å². The largest absolute Gasteiger partial charge is 0.461 e. The van der Waals surface area contributed by atoms with Gasteiger partial charge < -0.3 is 13.7 Å². The maximum Gasteiger partial charge on any atom is 0.276 e. The molecule has 3 heterocycles. The minimum atomic E-state index is -0.112. The van der Waals surface area contributed by atoms with Crippen LogP contribution in [0.1, 0.15) is 28.9 Å². The van der Waals surface area contributed by atoms with Crippen molar-refractivity contribution in [2.45, 2.75) is 12.8 Å². The predicted octanol–water partition coefficient (Wildman–Crippen LogP) is 4.25. The highest BCUT2D eigenvalue weighted by Crippen LogP contribution is 2.26. The van der Waals surface area contributed by atoms with Gasteiger partial charge in [-0.25, -0.2) is 4.98 Å². The summed E-state index contributed by atoms with van der Waals surface area (Å²) < 4.78 is 10.7. The summed E-state index contributed by atoms with van der Waals surface area (Å²) in [5, 5.41) is 0. The van der Waals surface area contributed by atoms with Gasteiger partial charge in [-0.3, -0.25) is 4.79 Å². The van der Waals surface area contributed by atoms with Crippen LogP contribution in [-0.2, 0) is 0 Å². The third-order valence-electron chi connectivity index (χ3n) is 4.38. The van der Waals surface area contributed by atoms with Gasteiger partial charge in [0.1, 0.15) is 0 Å². The molecule has 1 aliphatic heterocycles. The third kappa shape index (κ3) is 3.26. The summed E-state index contributed by atoms with van der Waals surface area (Å²) in [4.78, 5) is 18.7. The van der Waals surface area contributed by atoms with E-state index in [0.717, 1.165) is 12.8 Å². The molecule has 0 bridgehead atoms. The molecule has 5 nitrogen and oxygen atoms in total. The van der Waals surface area contributed by atoms with Gasteiger partial charge in [-0.05, 0) is 30.5 Å². The molecule has 0 spiro atoms. The highest BCUT2D eigenvalue weighted by Gasteiger charge is 2.26. The first-order valence-corrected chi connectivity index (χ1v) is 8.32. The minimum Gasteiger partial charge on any atom is -0.461 e. The zero-order valence-corrected chi connectivity index (χ0v) is 13.7. The first kappa shape index (κ1) is 15.4. The van der Waals surface area contributed by atoms with Crippen LogP contribution in [0, 0.1) is 0 Å². The number of amides is 1. The summed E-state index contributed by atoms with van der Waals surface area (Å²) in [6, 6.07) is 13.8. The fourth-order valence-electron chi connectivity index (χ4n) is 3.06. The van der Waals surface area contributed by atoms with Crippen molar-refractivity contribution in [1.29, 1.82) is 0 Å². The van der Waals surface area contributed by atoms with Crippen LogP contribution in [0.2, 0.25) is 0 Å². The van der Waals surface area contributed by atoms with Crippen molar-refractivity contribution < 1.29 is 13.6 Å². The molecule has 0 N–H and O–H groups in total. The molecule has 1 aromatic carbocycles. The van der Waals surface area contributed by atoms with Crippen molar-refractivity contribution in [3.05, 3.63) is 72.0 Å². The van der Waals surface area contributed by atoms with E-state index in [-0.39, 0.29) is 5.91 Å². The van der Waals surface area contributed by atoms with Gasteiger partial charge in [-0.15, -0.1) is 0 Å². The Morgan fingerprint density at radius 3 is 2.56 bits per heavy atom. The van der Waals surface area contributed by atoms with Crippen molar-refractivity contribution >= 4 is 12.0 Å². The van der Waals surface area contributed by atoms with Crippen LogP contribution in [0.4, 0.5) is 0 Å². The van der Waals surface area contributed by atoms with E-state index >= 15 is 0 Å². The van der Waals surface area contributed by atoms with Crippen LogP contribution in [0.5, 0.6) is 0 Å². The van der Waals surface area contributed by atoms with E-state index in [2.05, 4.69) is 23.2 Å². The van der Waals surface area contributed by atoms with Crippen molar-refractivity contribution in [2.75, 3.05) is 13.1 Å². The lowest BCUT2D eigenvalue weighted by Crippen LogP contribution is -2.36. The van der Waals surface area contributed by atoms with E-state index in [4.69, 9.17) is 8.83 Å². The van der Waals surface area contributed by atoms with Crippen LogP contribution < -0.4 is 0 Å². The zero-order valence-electron chi connectivity index (χ0n) is 13.7. The molecule has 5 heteroatoms. The number of furan rings is 1. The summed E-state index contributed by atoms with van der Waals surface area (Å²) in [5.74, 6) is 0.794. The number of aromatic nitrogens is 1. The molecular formula is C20H18N2O3. The van der Waals surface area contributed by atoms with Crippen molar-refractivity contribution in [3.63, 3.8) is 0 Å². The topological polar surface area (TPSA) is 59.5 Å². The second-order valence-electron chi connectivity index (χ2n) is 6.01. The molecule has 2 aromatic heterocycles. The molecule has 4 rings (SSSR count). The number of oxazole rings is 1. The van der Waals surface area contributed by atoms with Crippen LogP contribution in [0.15, 0.2) is 69.5 Å². The molecule has 1 saturated heterocycles. The van der Waals surface area contributed by atoms with E-state index < -0.39 is 0 Å². The second-order valence-corrected chi connectivity index (χ2v) is 6.01. The van der Waals surface area contributed by atoms with Crippen LogP contribution >= 0.6 is 0 Å². The van der Waals surface area contributed by atoms with E-state index in [0.29, 0.717) is 30.3 Å². The number of carbonyl (C=O) groups excluding carboxylic acids is 1. The monoisotopic (exact) mass is 334 g/mol. The lowest BCUT2D eigenvalue weighted by atomic mass is 10.0. The number of hydrogen-bond donors (Lipinski definition) is 0. The molecule has 1 fully saturated rings. The number of hydrogen-bond acceptors (Lipinski definition) is 4. The fraction of sp³-hybridized carbons (Fsp3) is 0.200. The molecular weight excluding hydrogens is 316 g/mol. The fourth-order valence-corrected chi connectivity index (χ4v) is 3.06. The quantitative estimate of drug-likeness (QED) is 0.718. The first-order chi connectivity index (χ1) is 12.3. The van der Waals surface area contributed by atoms with Gasteiger partial charge in [0.25, 0.3) is 5.91 Å². The number of carbonyl (C=O) groups is 1. The smallest absolute Gasteiger partial charge is 0.276 e. The molecule has 3 aromatic rings. The Bertz CT molecular complexity index is 869. The third-order valence-corrected chi connectivity index (χ3v) is 4.38. The van der Waals surface area contributed by atoms with Crippen molar-refractivity contribution in [1.82, 2.24) is 9.88 Å². The molecule has 0 aliphatic carbocycles. The van der Waals surface area contributed by atoms with Gasteiger partial charge in [-0.1, -0.05) is 42.0 Å². The van der Waals surface area contributed by atoms with Gasteiger partial charge in [0.15, 0.2) is 17.8 Å². The molecule has 126 valence electrons. The Morgan fingerprint density at radius 2 is 1.84 bits per heavy atom. The van der Waals surface area contributed by atoms with E-state index in [1.807, 2.05) is 23.1 Å². The van der Waals surface area contributed by atoms with Crippen LogP contribution in [-0.4, -0.2) is 28.9 Å². The standard InChI is InChI=1S/C20H18N2O3/c23-20(18-19(25-14-21-18)17-7-4-12-24-17)22-10-8-16(9-11-22)13-15-5-2-1-3-6-15/h1-7,12-14H,8-11H2. The molecule has 0 saturated carbocycles. The van der Waals surface area contributed by atoms with Gasteiger partial charge in [-0.2, -0.15) is 0 Å². The minimum absolute atomic E-state index is 0.112. The Kier molecular flexibility index (Phi) is 4.21. The average Bonchev–Trinajstić information content (AvgIpc) is 3.34. The number of rotatable bonds is 3. The predicted molar refractivity (Wildman–Crippen MR) is 93.8 cm³/mol. The maximum absolute atomic E-state index is 12.8. The molecule has 25 heavy (non-hydrogen) atoms. The molecule has 0 atom stereocenters. The molecule has 1 amide bonds. The Balaban J connectivity index is 1.46. The SMILES string of the molecule is O=C(c1ncoc1-c1ccco1)N1CCC(=Cc2ccccc2)CC1. The molecule has 1 aliphatic rings. The number of nitrogens with zero attached hydrogens (tertiary/aromatic N) is 2. The summed E-state index contributed by atoms with van der Waals surface area (Å²) in [6.45, 7) is 1.36. The van der Waals surface area contributed by atoms with Gasteiger partial charge >= 0.3 is 0 Å². The summed E-state index contributed by atoms with van der Waals surface area (Å²) >= 11 is 0. The maximum atomic E-state index is 12.8. The van der Waals surface area contributed by atoms with Gasteiger partial charge in [0, 0.05) is 13.1 Å². The summed E-state index contributed by atoms with van der Waals surface area (Å²) in [7, 11) is 0. The van der Waals surface area contributed by atoms with Gasteiger partial charge in [0.05, 0.1) is 6.26 Å². The summed E-state index contributed by atoms with van der Waals surface area (Å²) in [6.07, 6.45) is 6.79. The van der Waals surface area contributed by atoms with Crippen molar-refractivity contribution in [3.8, 4) is 11.5 Å². The lowest BCUT2D eigenvalue weighted by molar-refractivity contribution is 0.0739. The van der Waals surface area contributed by atoms with Crippen molar-refractivity contribution in [2.24, 2.45) is 0 Å². The number of likely N-dealkylation sites (tertiary alicyclic amines) is 1. The highest BCUT2D eigenvalue weighted by molar-refractivity contribution is 5.97. The van der Waals surface area contributed by atoms with E-state index in [1.165, 1.54) is 17.5 Å². The van der Waals surface area contributed by atoms with E-state index in [1.54, 1.807) is 18.4 Å². The summed E-state index contributed by atoms with van der Waals surface area (Å²) in [5.41, 5.74) is 2.88.